The fourth-order valence-corrected chi connectivity index (χ4v) is 3.92. The first kappa shape index (κ1) is 18.4. The van der Waals surface area contributed by atoms with Gasteiger partial charge in [-0.2, -0.15) is 5.10 Å². The quantitative estimate of drug-likeness (QED) is 0.853. The van der Waals surface area contributed by atoms with Gasteiger partial charge in [0.1, 0.15) is 10.6 Å². The van der Waals surface area contributed by atoms with E-state index in [1.807, 2.05) is 18.2 Å². The second-order valence-electron chi connectivity index (χ2n) is 6.31. The first-order valence-corrected chi connectivity index (χ1v) is 9.92. The number of rotatable bonds is 5. The summed E-state index contributed by atoms with van der Waals surface area (Å²) in [6, 6.07) is 8.94. The van der Waals surface area contributed by atoms with Crippen molar-refractivity contribution in [2.75, 3.05) is 19.6 Å². The van der Waals surface area contributed by atoms with Crippen LogP contribution in [0.4, 0.5) is 4.79 Å². The minimum Gasteiger partial charge on any atom is -0.410 e. The fraction of sp³-hybridized carbons (Fsp3) is 0.412. The lowest BCUT2D eigenvalue weighted by Crippen LogP contribution is -2.42. The maximum absolute atomic E-state index is 12.2. The molecule has 140 valence electrons. The van der Waals surface area contributed by atoms with Crippen molar-refractivity contribution in [2.24, 2.45) is 13.0 Å². The third kappa shape index (κ3) is 4.61. The van der Waals surface area contributed by atoms with E-state index in [1.165, 1.54) is 17.1 Å². The van der Waals surface area contributed by atoms with E-state index in [9.17, 15) is 13.2 Å². The van der Waals surface area contributed by atoms with Gasteiger partial charge in [-0.15, -0.1) is 0 Å². The molecule has 1 aromatic heterocycles. The standard InChI is InChI=1S/C17H22N4O4S/c1-20-13-16(12-18-20)26(23,24)19-11-14-7-9-21(10-8-14)17(22)25-15-5-3-2-4-6-15/h2-6,12-14,19H,7-11H2,1H3. The third-order valence-electron chi connectivity index (χ3n) is 4.37. The van der Waals surface area contributed by atoms with E-state index in [1.54, 1.807) is 24.1 Å². The van der Waals surface area contributed by atoms with Crippen LogP contribution >= 0.6 is 0 Å². The molecule has 0 saturated carbocycles. The minimum absolute atomic E-state index is 0.156. The van der Waals surface area contributed by atoms with Crippen LogP contribution < -0.4 is 9.46 Å². The van der Waals surface area contributed by atoms with Crippen molar-refractivity contribution < 1.29 is 17.9 Å². The summed E-state index contributed by atoms with van der Waals surface area (Å²) in [6.45, 7) is 1.44. The summed E-state index contributed by atoms with van der Waals surface area (Å²) < 4.78 is 33.8. The number of likely N-dealkylation sites (tertiary alicyclic amines) is 1. The van der Waals surface area contributed by atoms with Crippen molar-refractivity contribution >= 4 is 16.1 Å². The molecular formula is C17H22N4O4S. The number of hydrogen-bond donors (Lipinski definition) is 1. The van der Waals surface area contributed by atoms with E-state index in [0.717, 1.165) is 12.8 Å². The Morgan fingerprint density at radius 2 is 1.96 bits per heavy atom. The zero-order chi connectivity index (χ0) is 18.6. The molecule has 0 unspecified atom stereocenters. The molecule has 1 aliphatic heterocycles. The molecular weight excluding hydrogens is 356 g/mol. The number of amides is 1. The summed E-state index contributed by atoms with van der Waals surface area (Å²) in [5, 5.41) is 3.88. The van der Waals surface area contributed by atoms with Crippen LogP contribution in [-0.4, -0.2) is 48.8 Å². The summed E-state index contributed by atoms with van der Waals surface area (Å²) >= 11 is 0. The monoisotopic (exact) mass is 378 g/mol. The molecule has 2 heterocycles. The van der Waals surface area contributed by atoms with Crippen LogP contribution in [0.15, 0.2) is 47.6 Å². The summed E-state index contributed by atoms with van der Waals surface area (Å²) in [5.74, 6) is 0.700. The van der Waals surface area contributed by atoms with Gasteiger partial charge in [0.2, 0.25) is 10.0 Å². The van der Waals surface area contributed by atoms with Gasteiger partial charge in [-0.1, -0.05) is 18.2 Å². The van der Waals surface area contributed by atoms with Crippen LogP contribution in [-0.2, 0) is 17.1 Å². The molecule has 9 heteroatoms. The Balaban J connectivity index is 1.46. The number of nitrogens with one attached hydrogen (secondary N) is 1. The average Bonchev–Trinajstić information content (AvgIpc) is 3.09. The molecule has 0 aliphatic carbocycles. The maximum atomic E-state index is 12.2. The van der Waals surface area contributed by atoms with Crippen LogP contribution in [0.25, 0.3) is 0 Å². The number of piperidine rings is 1. The number of para-hydroxylation sites is 1. The molecule has 8 nitrogen and oxygen atoms in total. The molecule has 0 spiro atoms. The highest BCUT2D eigenvalue weighted by Gasteiger charge is 2.25. The number of carbonyl (C=O) groups is 1. The van der Waals surface area contributed by atoms with Gasteiger partial charge in [-0.05, 0) is 30.9 Å². The molecule has 3 rings (SSSR count). The third-order valence-corrected chi connectivity index (χ3v) is 5.75. The molecule has 26 heavy (non-hydrogen) atoms. The number of hydrogen-bond acceptors (Lipinski definition) is 5. The molecule has 1 saturated heterocycles. The Hall–Kier alpha value is -2.39. The highest BCUT2D eigenvalue weighted by atomic mass is 32.2. The van der Waals surface area contributed by atoms with Gasteiger partial charge in [-0.25, -0.2) is 17.9 Å². The zero-order valence-corrected chi connectivity index (χ0v) is 15.4. The van der Waals surface area contributed by atoms with Crippen molar-refractivity contribution in [1.29, 1.82) is 0 Å². The zero-order valence-electron chi connectivity index (χ0n) is 14.5. The van der Waals surface area contributed by atoms with Crippen LogP contribution in [0.3, 0.4) is 0 Å². The predicted octanol–water partition coefficient (Wildman–Crippen LogP) is 1.61. The average molecular weight is 378 g/mol. The normalized spacial score (nSPS) is 15.8. The van der Waals surface area contributed by atoms with E-state index in [4.69, 9.17) is 4.74 Å². The van der Waals surface area contributed by atoms with Gasteiger partial charge in [-0.3, -0.25) is 4.68 Å². The molecule has 0 atom stereocenters. The summed E-state index contributed by atoms with van der Waals surface area (Å²) in [4.78, 5) is 14.0. The van der Waals surface area contributed by atoms with Crippen molar-refractivity contribution in [1.82, 2.24) is 19.4 Å². The highest BCUT2D eigenvalue weighted by molar-refractivity contribution is 7.89. The number of aromatic nitrogens is 2. The van der Waals surface area contributed by atoms with Gasteiger partial charge in [0.15, 0.2) is 0 Å². The molecule has 2 aromatic rings. The van der Waals surface area contributed by atoms with Crippen molar-refractivity contribution in [3.8, 4) is 5.75 Å². The molecule has 1 aliphatic rings. The number of ether oxygens (including phenoxy) is 1. The SMILES string of the molecule is Cn1cc(S(=O)(=O)NCC2CCN(C(=O)Oc3ccccc3)CC2)cn1. The van der Waals surface area contributed by atoms with Gasteiger partial charge in [0, 0.05) is 32.9 Å². The molecule has 0 radical (unpaired) electrons. The molecule has 1 aromatic carbocycles. The second-order valence-corrected chi connectivity index (χ2v) is 8.08. The first-order valence-electron chi connectivity index (χ1n) is 8.44. The smallest absolute Gasteiger partial charge is 0.410 e. The lowest BCUT2D eigenvalue weighted by Gasteiger charge is -2.31. The van der Waals surface area contributed by atoms with Crippen LogP contribution in [0.5, 0.6) is 5.75 Å². The van der Waals surface area contributed by atoms with Crippen LogP contribution in [0.1, 0.15) is 12.8 Å². The number of aryl methyl sites for hydroxylation is 1. The van der Waals surface area contributed by atoms with E-state index in [0.29, 0.717) is 25.4 Å². The molecule has 1 amide bonds. The number of carbonyl (C=O) groups excluding carboxylic acids is 1. The summed E-state index contributed by atoms with van der Waals surface area (Å²) in [7, 11) is -1.88. The van der Waals surface area contributed by atoms with Gasteiger partial charge in [0.05, 0.1) is 6.20 Å². The van der Waals surface area contributed by atoms with Gasteiger partial charge < -0.3 is 9.64 Å². The lowest BCUT2D eigenvalue weighted by molar-refractivity contribution is 0.131. The molecule has 1 N–H and O–H groups in total. The Bertz CT molecular complexity index is 843. The van der Waals surface area contributed by atoms with E-state index >= 15 is 0 Å². The predicted molar refractivity (Wildman–Crippen MR) is 95.2 cm³/mol. The van der Waals surface area contributed by atoms with E-state index in [2.05, 4.69) is 9.82 Å². The second kappa shape index (κ2) is 7.88. The molecule has 1 fully saturated rings. The van der Waals surface area contributed by atoms with Gasteiger partial charge >= 0.3 is 6.09 Å². The van der Waals surface area contributed by atoms with E-state index < -0.39 is 10.0 Å². The van der Waals surface area contributed by atoms with Crippen molar-refractivity contribution in [2.45, 2.75) is 17.7 Å². The van der Waals surface area contributed by atoms with E-state index in [-0.39, 0.29) is 16.9 Å². The summed E-state index contributed by atoms with van der Waals surface area (Å²) in [5.41, 5.74) is 0. The first-order chi connectivity index (χ1) is 12.4. The van der Waals surface area contributed by atoms with Crippen LogP contribution in [0.2, 0.25) is 0 Å². The fourth-order valence-electron chi connectivity index (χ4n) is 2.82. The van der Waals surface area contributed by atoms with Crippen molar-refractivity contribution in [3.63, 3.8) is 0 Å². The Labute approximate surface area is 152 Å². The van der Waals surface area contributed by atoms with Crippen LogP contribution in [0, 0.1) is 5.92 Å². The topological polar surface area (TPSA) is 93.5 Å². The Morgan fingerprint density at radius 3 is 2.58 bits per heavy atom. The molecule has 0 bridgehead atoms. The maximum Gasteiger partial charge on any atom is 0.415 e. The number of nitrogens with zero attached hydrogens (tertiary/aromatic N) is 3. The Kier molecular flexibility index (Phi) is 5.58. The largest absolute Gasteiger partial charge is 0.415 e. The number of sulfonamides is 1. The minimum atomic E-state index is -3.55. The highest BCUT2D eigenvalue weighted by Crippen LogP contribution is 2.19. The van der Waals surface area contributed by atoms with Crippen molar-refractivity contribution in [3.05, 3.63) is 42.7 Å². The lowest BCUT2D eigenvalue weighted by atomic mass is 9.97. The number of benzene rings is 1. The van der Waals surface area contributed by atoms with Gasteiger partial charge in [0.25, 0.3) is 0 Å². The Morgan fingerprint density at radius 1 is 1.27 bits per heavy atom. The summed E-state index contributed by atoms with van der Waals surface area (Å²) in [6.07, 6.45) is 3.86.